The van der Waals surface area contributed by atoms with Gasteiger partial charge in [-0.2, -0.15) is 0 Å². The molecule has 10 heteroatoms. The van der Waals surface area contributed by atoms with Gasteiger partial charge in [0.1, 0.15) is 6.54 Å². The van der Waals surface area contributed by atoms with Gasteiger partial charge in [-0.1, -0.05) is 15.9 Å². The minimum Gasteiger partial charge on any atom is -0.490 e. The number of carbonyl (C=O) groups is 3. The fourth-order valence-electron chi connectivity index (χ4n) is 2.88. The van der Waals surface area contributed by atoms with Gasteiger partial charge in [0.15, 0.2) is 11.5 Å². The highest BCUT2D eigenvalue weighted by Crippen LogP contribution is 2.39. The van der Waals surface area contributed by atoms with Gasteiger partial charge in [-0.3, -0.25) is 19.3 Å². The van der Waals surface area contributed by atoms with Crippen molar-refractivity contribution in [1.29, 1.82) is 0 Å². The molecule has 2 aromatic carbocycles. The molecule has 0 radical (unpaired) electrons. The summed E-state index contributed by atoms with van der Waals surface area (Å²) in [5.41, 5.74) is 1.23. The highest BCUT2D eigenvalue weighted by atomic mass is 79.9. The number of nitrogens with zero attached hydrogens (tertiary/aromatic N) is 1. The molecule has 1 saturated heterocycles. The van der Waals surface area contributed by atoms with Crippen molar-refractivity contribution >= 4 is 72.4 Å². The first-order valence-electron chi connectivity index (χ1n) is 9.72. The summed E-state index contributed by atoms with van der Waals surface area (Å²) in [5, 5.41) is 2.18. The maximum absolute atomic E-state index is 12.8. The summed E-state index contributed by atoms with van der Waals surface area (Å²) in [4.78, 5) is 38.7. The van der Waals surface area contributed by atoms with Crippen LogP contribution in [0.1, 0.15) is 19.4 Å². The van der Waals surface area contributed by atoms with Crippen LogP contribution >= 0.6 is 43.6 Å². The smallest absolute Gasteiger partial charge is 0.294 e. The Morgan fingerprint density at radius 1 is 1.09 bits per heavy atom. The average molecular weight is 584 g/mol. The third kappa shape index (κ3) is 5.93. The molecule has 1 N–H and O–H groups in total. The van der Waals surface area contributed by atoms with Crippen LogP contribution in [0.25, 0.3) is 6.08 Å². The molecule has 2 aromatic rings. The number of halogens is 2. The van der Waals surface area contributed by atoms with Gasteiger partial charge in [0.2, 0.25) is 5.91 Å². The Balaban J connectivity index is 1.76. The summed E-state index contributed by atoms with van der Waals surface area (Å²) in [6, 6.07) is 10.5. The van der Waals surface area contributed by atoms with E-state index in [1.165, 1.54) is 0 Å². The summed E-state index contributed by atoms with van der Waals surface area (Å²) in [7, 11) is 0. The molecule has 0 bridgehead atoms. The van der Waals surface area contributed by atoms with E-state index < -0.39 is 17.1 Å². The van der Waals surface area contributed by atoms with E-state index in [0.717, 1.165) is 21.1 Å². The maximum Gasteiger partial charge on any atom is 0.294 e. The van der Waals surface area contributed by atoms with Crippen LogP contribution in [0.15, 0.2) is 50.2 Å². The van der Waals surface area contributed by atoms with Gasteiger partial charge >= 0.3 is 0 Å². The van der Waals surface area contributed by atoms with Crippen molar-refractivity contribution in [3.8, 4) is 11.5 Å². The zero-order valence-electron chi connectivity index (χ0n) is 17.3. The van der Waals surface area contributed by atoms with Crippen LogP contribution in [0.5, 0.6) is 11.5 Å². The zero-order valence-corrected chi connectivity index (χ0v) is 21.3. The molecule has 7 nitrogen and oxygen atoms in total. The lowest BCUT2D eigenvalue weighted by atomic mass is 10.2. The molecule has 0 unspecified atom stereocenters. The molecule has 32 heavy (non-hydrogen) atoms. The summed E-state index contributed by atoms with van der Waals surface area (Å²) in [6.07, 6.45) is 1.60. The molecule has 3 amide bonds. The second-order valence-electron chi connectivity index (χ2n) is 6.52. The third-order valence-corrected chi connectivity index (χ3v) is 6.25. The maximum atomic E-state index is 12.8. The number of rotatable bonds is 8. The Morgan fingerprint density at radius 3 is 2.44 bits per heavy atom. The van der Waals surface area contributed by atoms with Crippen molar-refractivity contribution in [2.75, 3.05) is 25.1 Å². The van der Waals surface area contributed by atoms with Crippen LogP contribution in [0.4, 0.5) is 10.5 Å². The number of amides is 3. The molecule has 1 aliphatic heterocycles. The largest absolute Gasteiger partial charge is 0.490 e. The van der Waals surface area contributed by atoms with Gasteiger partial charge in [-0.25, -0.2) is 0 Å². The van der Waals surface area contributed by atoms with E-state index in [2.05, 4.69) is 37.2 Å². The monoisotopic (exact) mass is 582 g/mol. The number of hydrogen-bond acceptors (Lipinski definition) is 6. The fraction of sp³-hybridized carbons (Fsp3) is 0.227. The normalized spacial score (nSPS) is 14.8. The lowest BCUT2D eigenvalue weighted by Gasteiger charge is -2.14. The number of carbonyl (C=O) groups excluding carboxylic acids is 3. The first kappa shape index (κ1) is 24.3. The van der Waals surface area contributed by atoms with E-state index in [-0.39, 0.29) is 11.4 Å². The van der Waals surface area contributed by atoms with E-state index in [9.17, 15) is 14.4 Å². The summed E-state index contributed by atoms with van der Waals surface area (Å²) >= 11 is 7.58. The number of thioether (sulfide) groups is 1. The molecule has 1 fully saturated rings. The SMILES string of the molecule is CCOc1cc(/C=C2/SC(=O)N(CC(=O)Nc3ccc(Br)cc3)C2=O)cc(Br)c1OCC. The number of benzene rings is 2. The lowest BCUT2D eigenvalue weighted by Crippen LogP contribution is -2.36. The van der Waals surface area contributed by atoms with Crippen LogP contribution in [0.2, 0.25) is 0 Å². The second-order valence-corrected chi connectivity index (χ2v) is 9.28. The summed E-state index contributed by atoms with van der Waals surface area (Å²) in [6.45, 7) is 4.29. The Morgan fingerprint density at radius 2 is 1.78 bits per heavy atom. The van der Waals surface area contributed by atoms with Crippen LogP contribution < -0.4 is 14.8 Å². The van der Waals surface area contributed by atoms with Crippen LogP contribution in [0.3, 0.4) is 0 Å². The molecular weight excluding hydrogens is 564 g/mol. The highest BCUT2D eigenvalue weighted by Gasteiger charge is 2.36. The molecule has 1 aliphatic rings. The molecule has 0 spiro atoms. The van der Waals surface area contributed by atoms with Gasteiger partial charge in [-0.15, -0.1) is 0 Å². The number of hydrogen-bond donors (Lipinski definition) is 1. The molecule has 0 aliphatic carbocycles. The number of anilines is 1. The van der Waals surface area contributed by atoms with Crippen LogP contribution in [-0.4, -0.2) is 41.7 Å². The number of ether oxygens (including phenoxy) is 2. The predicted octanol–water partition coefficient (Wildman–Crippen LogP) is 5.68. The molecule has 3 rings (SSSR count). The Kier molecular flexibility index (Phi) is 8.38. The Hall–Kier alpha value is -2.30. The molecule has 0 atom stereocenters. The van der Waals surface area contributed by atoms with Gasteiger partial charge in [-0.05, 0) is 89.6 Å². The van der Waals surface area contributed by atoms with Gasteiger partial charge in [0, 0.05) is 10.2 Å². The lowest BCUT2D eigenvalue weighted by molar-refractivity contribution is -0.127. The second kappa shape index (κ2) is 11.0. The van der Waals surface area contributed by atoms with Crippen molar-refractivity contribution in [3.63, 3.8) is 0 Å². The minimum atomic E-state index is -0.520. The summed E-state index contributed by atoms with van der Waals surface area (Å²) in [5.74, 6) is 0.125. The van der Waals surface area contributed by atoms with E-state index in [1.54, 1.807) is 42.5 Å². The number of nitrogens with one attached hydrogen (secondary N) is 1. The molecule has 0 saturated carbocycles. The van der Waals surface area contributed by atoms with Crippen molar-refractivity contribution < 1.29 is 23.9 Å². The van der Waals surface area contributed by atoms with Gasteiger partial charge in [0.05, 0.1) is 22.6 Å². The number of imide groups is 1. The Bertz CT molecular complexity index is 1070. The zero-order chi connectivity index (χ0) is 23.3. The molecular formula is C22H20Br2N2O5S. The third-order valence-electron chi connectivity index (χ3n) is 4.22. The Labute approximate surface area is 206 Å². The van der Waals surface area contributed by atoms with Crippen molar-refractivity contribution in [2.45, 2.75) is 13.8 Å². The van der Waals surface area contributed by atoms with Crippen molar-refractivity contribution in [3.05, 3.63) is 55.8 Å². The standard InChI is InChI=1S/C22H20Br2N2O5S/c1-3-30-17-10-13(9-16(24)20(17)31-4-2)11-18-21(28)26(22(29)32-18)12-19(27)25-15-7-5-14(23)6-8-15/h5-11H,3-4,12H2,1-2H3,(H,25,27)/b18-11+. The quantitative estimate of drug-likeness (QED) is 0.402. The van der Waals surface area contributed by atoms with Crippen molar-refractivity contribution in [1.82, 2.24) is 4.90 Å². The van der Waals surface area contributed by atoms with Crippen LogP contribution in [-0.2, 0) is 9.59 Å². The van der Waals surface area contributed by atoms with Gasteiger partial charge < -0.3 is 14.8 Å². The first-order valence-corrected chi connectivity index (χ1v) is 12.1. The predicted molar refractivity (Wildman–Crippen MR) is 132 cm³/mol. The molecule has 168 valence electrons. The van der Waals surface area contributed by atoms with Crippen LogP contribution in [0, 0.1) is 0 Å². The average Bonchev–Trinajstić information content (AvgIpc) is 3.00. The minimum absolute atomic E-state index is 0.227. The molecule has 0 aromatic heterocycles. The molecule has 1 heterocycles. The highest BCUT2D eigenvalue weighted by molar-refractivity contribution is 9.10. The van der Waals surface area contributed by atoms with E-state index >= 15 is 0 Å². The fourth-order valence-corrected chi connectivity index (χ4v) is 4.56. The van der Waals surface area contributed by atoms with E-state index in [1.807, 2.05) is 13.8 Å². The van der Waals surface area contributed by atoms with E-state index in [0.29, 0.717) is 40.4 Å². The van der Waals surface area contributed by atoms with Crippen molar-refractivity contribution in [2.24, 2.45) is 0 Å². The van der Waals surface area contributed by atoms with E-state index in [4.69, 9.17) is 9.47 Å². The van der Waals surface area contributed by atoms with Gasteiger partial charge in [0.25, 0.3) is 11.1 Å². The first-order chi connectivity index (χ1) is 15.3. The topological polar surface area (TPSA) is 84.9 Å². The summed E-state index contributed by atoms with van der Waals surface area (Å²) < 4.78 is 12.8.